The van der Waals surface area contributed by atoms with Crippen molar-refractivity contribution in [2.24, 2.45) is 5.73 Å². The Hall–Kier alpha value is -3.00. The largest absolute Gasteiger partial charge is 0.484 e. The van der Waals surface area contributed by atoms with Gasteiger partial charge in [-0.3, -0.25) is 9.59 Å². The topological polar surface area (TPSA) is 108 Å². The van der Waals surface area contributed by atoms with E-state index in [2.05, 4.69) is 5.32 Å². The normalized spacial score (nSPS) is 10.0. The number of benzene rings is 2. The van der Waals surface area contributed by atoms with E-state index in [1.165, 1.54) is 36.0 Å². The Balaban J connectivity index is 1.85. The smallest absolute Gasteiger partial charge is 0.338 e. The predicted octanol–water partition coefficient (Wildman–Crippen LogP) is 2.07. The number of anilines is 1. The predicted molar refractivity (Wildman–Crippen MR) is 98.3 cm³/mol. The average molecular weight is 374 g/mol. The van der Waals surface area contributed by atoms with Crippen LogP contribution in [-0.2, 0) is 14.3 Å². The Kier molecular flexibility index (Phi) is 7.04. The van der Waals surface area contributed by atoms with Crippen LogP contribution in [0.3, 0.4) is 0 Å². The third-order valence-corrected chi connectivity index (χ3v) is 3.98. The molecule has 0 bridgehead atoms. The quantitative estimate of drug-likeness (QED) is 0.541. The molecule has 8 heteroatoms. The molecule has 7 nitrogen and oxygen atoms in total. The maximum absolute atomic E-state index is 12.0. The summed E-state index contributed by atoms with van der Waals surface area (Å²) in [5.74, 6) is -1.27. The van der Waals surface area contributed by atoms with Crippen LogP contribution < -0.4 is 15.8 Å². The second-order valence-electron chi connectivity index (χ2n) is 5.10. The van der Waals surface area contributed by atoms with Gasteiger partial charge in [0.25, 0.3) is 11.8 Å². The first kappa shape index (κ1) is 19.3. The minimum atomic E-state index is -0.639. The average Bonchev–Trinajstić information content (AvgIpc) is 2.65. The lowest BCUT2D eigenvalue weighted by atomic mass is 10.2. The summed E-state index contributed by atoms with van der Waals surface area (Å²) in [6.45, 7) is -0.650. The third kappa shape index (κ3) is 5.82. The number of rotatable bonds is 8. The Morgan fingerprint density at radius 1 is 1.04 bits per heavy atom. The summed E-state index contributed by atoms with van der Waals surface area (Å²) in [5.41, 5.74) is 5.90. The number of amides is 2. The van der Waals surface area contributed by atoms with Gasteiger partial charge in [-0.1, -0.05) is 12.1 Å². The SMILES string of the molecule is CSc1ccccc1NC(=O)COC(=O)c1ccc(OCC(N)=O)cc1. The highest BCUT2D eigenvalue weighted by atomic mass is 32.2. The van der Waals surface area contributed by atoms with Gasteiger partial charge in [0, 0.05) is 4.90 Å². The lowest BCUT2D eigenvalue weighted by Gasteiger charge is -2.10. The van der Waals surface area contributed by atoms with Gasteiger partial charge in [0.2, 0.25) is 0 Å². The Morgan fingerprint density at radius 3 is 2.38 bits per heavy atom. The number of nitrogens with two attached hydrogens (primary N) is 1. The molecular weight excluding hydrogens is 356 g/mol. The van der Waals surface area contributed by atoms with Crippen LogP contribution in [0.15, 0.2) is 53.4 Å². The van der Waals surface area contributed by atoms with Crippen molar-refractivity contribution in [3.05, 3.63) is 54.1 Å². The van der Waals surface area contributed by atoms with Gasteiger partial charge in [0.1, 0.15) is 5.75 Å². The molecule has 0 aliphatic rings. The molecule has 136 valence electrons. The molecular formula is C18H18N2O5S. The van der Waals surface area contributed by atoms with Gasteiger partial charge in [-0.2, -0.15) is 0 Å². The van der Waals surface area contributed by atoms with Crippen molar-refractivity contribution >= 4 is 35.2 Å². The van der Waals surface area contributed by atoms with Gasteiger partial charge in [-0.05, 0) is 42.7 Å². The van der Waals surface area contributed by atoms with E-state index in [9.17, 15) is 14.4 Å². The zero-order chi connectivity index (χ0) is 18.9. The first-order chi connectivity index (χ1) is 12.5. The number of nitrogens with one attached hydrogen (secondary N) is 1. The number of hydrogen-bond acceptors (Lipinski definition) is 6. The van der Waals surface area contributed by atoms with Crippen molar-refractivity contribution in [2.75, 3.05) is 24.8 Å². The summed E-state index contributed by atoms with van der Waals surface area (Å²) in [6.07, 6.45) is 1.90. The summed E-state index contributed by atoms with van der Waals surface area (Å²) in [6, 6.07) is 13.3. The number of para-hydroxylation sites is 1. The molecule has 0 saturated carbocycles. The first-order valence-electron chi connectivity index (χ1n) is 7.60. The molecule has 0 fully saturated rings. The molecule has 0 radical (unpaired) electrons. The molecule has 2 aromatic rings. The van der Waals surface area contributed by atoms with E-state index in [1.54, 1.807) is 6.07 Å². The molecule has 0 aliphatic heterocycles. The summed E-state index contributed by atoms with van der Waals surface area (Å²) in [4.78, 5) is 35.5. The van der Waals surface area contributed by atoms with Gasteiger partial charge < -0.3 is 20.5 Å². The number of esters is 1. The van der Waals surface area contributed by atoms with Gasteiger partial charge in [0.15, 0.2) is 13.2 Å². The van der Waals surface area contributed by atoms with Crippen molar-refractivity contribution in [3.63, 3.8) is 0 Å². The summed E-state index contributed by atoms with van der Waals surface area (Å²) >= 11 is 1.50. The van der Waals surface area contributed by atoms with Crippen LogP contribution in [0.2, 0.25) is 0 Å². The molecule has 0 atom stereocenters. The highest BCUT2D eigenvalue weighted by Crippen LogP contribution is 2.24. The van der Waals surface area contributed by atoms with Crippen molar-refractivity contribution in [2.45, 2.75) is 4.90 Å². The highest BCUT2D eigenvalue weighted by Gasteiger charge is 2.12. The van der Waals surface area contributed by atoms with Crippen molar-refractivity contribution in [3.8, 4) is 5.75 Å². The molecule has 0 aliphatic carbocycles. The maximum atomic E-state index is 12.0. The summed E-state index contributed by atoms with van der Waals surface area (Å²) in [7, 11) is 0. The van der Waals surface area contributed by atoms with Gasteiger partial charge >= 0.3 is 5.97 Å². The van der Waals surface area contributed by atoms with E-state index in [4.69, 9.17) is 15.2 Å². The second-order valence-corrected chi connectivity index (χ2v) is 5.95. The molecule has 26 heavy (non-hydrogen) atoms. The molecule has 0 unspecified atom stereocenters. The van der Waals surface area contributed by atoms with E-state index in [0.29, 0.717) is 11.4 Å². The van der Waals surface area contributed by atoms with E-state index < -0.39 is 24.4 Å². The fourth-order valence-electron chi connectivity index (χ4n) is 1.99. The molecule has 2 amide bonds. The van der Waals surface area contributed by atoms with Gasteiger partial charge in [-0.15, -0.1) is 11.8 Å². The molecule has 0 aromatic heterocycles. The number of thioether (sulfide) groups is 1. The van der Waals surface area contributed by atoms with Crippen molar-refractivity contribution in [1.29, 1.82) is 0 Å². The molecule has 2 aromatic carbocycles. The second kappa shape index (κ2) is 9.47. The van der Waals surface area contributed by atoms with Crippen molar-refractivity contribution in [1.82, 2.24) is 0 Å². The standard InChI is InChI=1S/C18H18N2O5S/c1-26-15-5-3-2-4-14(15)20-17(22)11-25-18(23)12-6-8-13(9-7-12)24-10-16(19)21/h2-9H,10-11H2,1H3,(H2,19,21)(H,20,22). The molecule has 0 saturated heterocycles. The van der Waals surface area contributed by atoms with Crippen LogP contribution >= 0.6 is 11.8 Å². The third-order valence-electron chi connectivity index (χ3n) is 3.19. The minimum absolute atomic E-state index is 0.249. The number of ether oxygens (including phenoxy) is 2. The van der Waals surface area contributed by atoms with Gasteiger partial charge in [0.05, 0.1) is 11.3 Å². The highest BCUT2D eigenvalue weighted by molar-refractivity contribution is 7.98. The van der Waals surface area contributed by atoms with E-state index in [-0.39, 0.29) is 12.2 Å². The first-order valence-corrected chi connectivity index (χ1v) is 8.83. The number of hydrogen-bond donors (Lipinski definition) is 2. The van der Waals surface area contributed by atoms with Crippen LogP contribution in [-0.4, -0.2) is 37.3 Å². The van der Waals surface area contributed by atoms with Crippen LogP contribution in [0.4, 0.5) is 5.69 Å². The number of carbonyl (C=O) groups is 3. The number of primary amides is 1. The number of carbonyl (C=O) groups excluding carboxylic acids is 3. The zero-order valence-electron chi connectivity index (χ0n) is 14.1. The fourth-order valence-corrected chi connectivity index (χ4v) is 2.54. The Bertz CT molecular complexity index is 792. The maximum Gasteiger partial charge on any atom is 0.338 e. The lowest BCUT2D eigenvalue weighted by Crippen LogP contribution is -2.21. The van der Waals surface area contributed by atoms with Crippen LogP contribution in [0.1, 0.15) is 10.4 Å². The van der Waals surface area contributed by atoms with Crippen molar-refractivity contribution < 1.29 is 23.9 Å². The summed E-state index contributed by atoms with van der Waals surface area (Å²) in [5, 5.41) is 2.70. The molecule has 0 heterocycles. The summed E-state index contributed by atoms with van der Waals surface area (Å²) < 4.78 is 10.1. The van der Waals surface area contributed by atoms with E-state index in [0.717, 1.165) is 4.90 Å². The van der Waals surface area contributed by atoms with Gasteiger partial charge in [-0.25, -0.2) is 4.79 Å². The van der Waals surface area contributed by atoms with Crippen LogP contribution in [0.5, 0.6) is 5.75 Å². The van der Waals surface area contributed by atoms with E-state index in [1.807, 2.05) is 24.5 Å². The zero-order valence-corrected chi connectivity index (χ0v) is 14.9. The van der Waals surface area contributed by atoms with E-state index >= 15 is 0 Å². The molecule has 2 rings (SSSR count). The monoisotopic (exact) mass is 374 g/mol. The Labute approximate surface area is 154 Å². The molecule has 3 N–H and O–H groups in total. The molecule has 0 spiro atoms. The van der Waals surface area contributed by atoms with Crippen LogP contribution in [0.25, 0.3) is 0 Å². The Morgan fingerprint density at radius 2 is 1.73 bits per heavy atom. The lowest BCUT2D eigenvalue weighted by molar-refractivity contribution is -0.120. The minimum Gasteiger partial charge on any atom is -0.484 e. The van der Waals surface area contributed by atoms with Crippen LogP contribution in [0, 0.1) is 0 Å². The fraction of sp³-hybridized carbons (Fsp3) is 0.167.